The minimum atomic E-state index is -0.985. The van der Waals surface area contributed by atoms with Crippen molar-refractivity contribution in [1.29, 1.82) is 0 Å². The molecular formula is C7H14O3S. The van der Waals surface area contributed by atoms with Crippen molar-refractivity contribution in [3.05, 3.63) is 0 Å². The van der Waals surface area contributed by atoms with E-state index in [-0.39, 0.29) is 10.5 Å². The fourth-order valence-electron chi connectivity index (χ4n) is 1.26. The molecular weight excluding hydrogens is 164 g/mol. The lowest BCUT2D eigenvalue weighted by molar-refractivity contribution is -0.0623. The normalized spacial score (nSPS) is 52.6. The van der Waals surface area contributed by atoms with Gasteiger partial charge < -0.3 is 15.3 Å². The predicted molar refractivity (Wildman–Crippen MR) is 44.5 cm³/mol. The Hall–Kier alpha value is 0.230. The van der Waals surface area contributed by atoms with Crippen LogP contribution in [0.2, 0.25) is 0 Å². The predicted octanol–water partition coefficient (Wildman–Crippen LogP) is -0.407. The van der Waals surface area contributed by atoms with E-state index in [1.165, 1.54) is 11.8 Å². The zero-order valence-electron chi connectivity index (χ0n) is 6.64. The molecule has 0 bridgehead atoms. The van der Waals surface area contributed by atoms with E-state index >= 15 is 0 Å². The summed E-state index contributed by atoms with van der Waals surface area (Å²) >= 11 is 1.50. The Labute approximate surface area is 70.4 Å². The van der Waals surface area contributed by atoms with Gasteiger partial charge in [0.15, 0.2) is 0 Å². The second-order valence-corrected chi connectivity index (χ2v) is 4.78. The molecule has 1 aliphatic heterocycles. The third kappa shape index (κ3) is 1.69. The van der Waals surface area contributed by atoms with Gasteiger partial charge in [0.25, 0.3) is 0 Å². The van der Waals surface area contributed by atoms with Crippen LogP contribution in [0.4, 0.5) is 0 Å². The van der Waals surface area contributed by atoms with E-state index in [0.717, 1.165) is 0 Å². The first-order valence-electron chi connectivity index (χ1n) is 3.73. The average molecular weight is 178 g/mol. The summed E-state index contributed by atoms with van der Waals surface area (Å²) in [5.74, 6) is 0. The van der Waals surface area contributed by atoms with Crippen molar-refractivity contribution < 1.29 is 15.3 Å². The summed E-state index contributed by atoms with van der Waals surface area (Å²) in [6.45, 7) is 3.70. The molecule has 1 fully saturated rings. The van der Waals surface area contributed by atoms with Gasteiger partial charge in [-0.15, -0.1) is 0 Å². The maximum Gasteiger partial charge on any atom is 0.108 e. The molecule has 1 heterocycles. The molecule has 0 aliphatic carbocycles. The number of rotatable bonds is 0. The SMILES string of the molecule is CC1S[C@@H](C)[C@H](O)[C@@H](O)[C@@H]1O. The smallest absolute Gasteiger partial charge is 0.108 e. The lowest BCUT2D eigenvalue weighted by atomic mass is 10.0. The van der Waals surface area contributed by atoms with Gasteiger partial charge in [0.05, 0.1) is 12.2 Å². The lowest BCUT2D eigenvalue weighted by Crippen LogP contribution is -2.51. The molecule has 0 spiro atoms. The third-order valence-corrected chi connectivity index (χ3v) is 3.51. The zero-order chi connectivity index (χ0) is 8.59. The molecule has 1 aliphatic rings. The van der Waals surface area contributed by atoms with Crippen LogP contribution in [0.15, 0.2) is 0 Å². The van der Waals surface area contributed by atoms with Crippen LogP contribution in [0.1, 0.15) is 13.8 Å². The van der Waals surface area contributed by atoms with Gasteiger partial charge in [-0.2, -0.15) is 11.8 Å². The third-order valence-electron chi connectivity index (χ3n) is 2.09. The van der Waals surface area contributed by atoms with Crippen LogP contribution in [0, 0.1) is 0 Å². The molecule has 3 N–H and O–H groups in total. The molecule has 11 heavy (non-hydrogen) atoms. The lowest BCUT2D eigenvalue weighted by Gasteiger charge is -2.37. The number of hydrogen-bond donors (Lipinski definition) is 3. The number of thioether (sulfide) groups is 1. The van der Waals surface area contributed by atoms with Gasteiger partial charge in [-0.1, -0.05) is 13.8 Å². The summed E-state index contributed by atoms with van der Waals surface area (Å²) in [6, 6.07) is 0. The summed E-state index contributed by atoms with van der Waals surface area (Å²) in [7, 11) is 0. The number of aliphatic hydroxyl groups excluding tert-OH is 3. The van der Waals surface area contributed by atoms with Crippen molar-refractivity contribution in [2.45, 2.75) is 42.7 Å². The molecule has 4 heteroatoms. The number of aliphatic hydroxyl groups is 3. The van der Waals surface area contributed by atoms with E-state index in [0.29, 0.717) is 0 Å². The Morgan fingerprint density at radius 3 is 1.55 bits per heavy atom. The summed E-state index contributed by atoms with van der Waals surface area (Å²) in [6.07, 6.45) is -2.58. The molecule has 0 amide bonds. The minimum absolute atomic E-state index is 0.00315. The van der Waals surface area contributed by atoms with Crippen molar-refractivity contribution in [2.24, 2.45) is 0 Å². The highest BCUT2D eigenvalue weighted by Gasteiger charge is 2.38. The maximum absolute atomic E-state index is 9.30. The largest absolute Gasteiger partial charge is 0.389 e. The van der Waals surface area contributed by atoms with Crippen molar-refractivity contribution in [3.8, 4) is 0 Å². The summed E-state index contributed by atoms with van der Waals surface area (Å²) < 4.78 is 0. The highest BCUT2D eigenvalue weighted by molar-refractivity contribution is 8.00. The van der Waals surface area contributed by atoms with E-state index < -0.39 is 18.3 Å². The molecule has 1 rings (SSSR count). The van der Waals surface area contributed by atoms with Crippen LogP contribution in [-0.2, 0) is 0 Å². The molecule has 0 saturated carbocycles. The van der Waals surface area contributed by atoms with E-state index in [9.17, 15) is 15.3 Å². The molecule has 0 aromatic rings. The van der Waals surface area contributed by atoms with Crippen LogP contribution in [0.25, 0.3) is 0 Å². The zero-order valence-corrected chi connectivity index (χ0v) is 7.45. The van der Waals surface area contributed by atoms with Crippen LogP contribution in [-0.4, -0.2) is 44.1 Å². The molecule has 66 valence electrons. The first-order chi connectivity index (χ1) is 5.04. The van der Waals surface area contributed by atoms with Crippen molar-refractivity contribution in [2.75, 3.05) is 0 Å². The fourth-order valence-corrected chi connectivity index (χ4v) is 2.58. The van der Waals surface area contributed by atoms with Gasteiger partial charge in [-0.3, -0.25) is 0 Å². The number of hydrogen-bond acceptors (Lipinski definition) is 4. The van der Waals surface area contributed by atoms with Gasteiger partial charge in [0, 0.05) is 10.5 Å². The highest BCUT2D eigenvalue weighted by Crippen LogP contribution is 2.31. The van der Waals surface area contributed by atoms with Crippen LogP contribution in [0.3, 0.4) is 0 Å². The van der Waals surface area contributed by atoms with Gasteiger partial charge in [0.2, 0.25) is 0 Å². The van der Waals surface area contributed by atoms with Gasteiger partial charge in [0.1, 0.15) is 6.10 Å². The Balaban J connectivity index is 2.63. The molecule has 5 atom stereocenters. The quantitative estimate of drug-likeness (QED) is 0.472. The summed E-state index contributed by atoms with van der Waals surface area (Å²) in [5.41, 5.74) is 0. The topological polar surface area (TPSA) is 60.7 Å². The van der Waals surface area contributed by atoms with Crippen molar-refractivity contribution >= 4 is 11.8 Å². The Bertz CT molecular complexity index is 128. The van der Waals surface area contributed by atoms with Crippen molar-refractivity contribution in [3.63, 3.8) is 0 Å². The van der Waals surface area contributed by atoms with Gasteiger partial charge in [-0.05, 0) is 0 Å². The monoisotopic (exact) mass is 178 g/mol. The van der Waals surface area contributed by atoms with Crippen LogP contribution < -0.4 is 0 Å². The Morgan fingerprint density at radius 2 is 1.18 bits per heavy atom. The maximum atomic E-state index is 9.30. The van der Waals surface area contributed by atoms with E-state index in [4.69, 9.17) is 0 Å². The van der Waals surface area contributed by atoms with Gasteiger partial charge in [-0.25, -0.2) is 0 Å². The standard InChI is InChI=1S/C7H14O3S/c1-3-5(8)7(10)6(9)4(2)11-3/h3-10H,1-2H3/t3-,4?,5-,6+,7+/m0/s1. The first kappa shape index (κ1) is 9.32. The van der Waals surface area contributed by atoms with Gasteiger partial charge >= 0.3 is 0 Å². The Kier molecular flexibility index (Phi) is 2.80. The summed E-state index contributed by atoms with van der Waals surface area (Å²) in [5, 5.41) is 27.9. The second-order valence-electron chi connectivity index (χ2n) is 3.02. The van der Waals surface area contributed by atoms with E-state index in [1.54, 1.807) is 0 Å². The Morgan fingerprint density at radius 1 is 0.818 bits per heavy atom. The first-order valence-corrected chi connectivity index (χ1v) is 4.68. The second kappa shape index (κ2) is 3.31. The van der Waals surface area contributed by atoms with Crippen molar-refractivity contribution in [1.82, 2.24) is 0 Å². The highest BCUT2D eigenvalue weighted by atomic mass is 32.2. The molecule has 1 saturated heterocycles. The minimum Gasteiger partial charge on any atom is -0.389 e. The molecule has 3 nitrogen and oxygen atoms in total. The molecule has 1 unspecified atom stereocenters. The van der Waals surface area contributed by atoms with Crippen LogP contribution >= 0.6 is 11.8 Å². The molecule has 0 aromatic carbocycles. The summed E-state index contributed by atoms with van der Waals surface area (Å²) in [4.78, 5) is 0. The van der Waals surface area contributed by atoms with E-state index in [1.807, 2.05) is 13.8 Å². The molecule has 0 aromatic heterocycles. The van der Waals surface area contributed by atoms with E-state index in [2.05, 4.69) is 0 Å². The fraction of sp³-hybridized carbons (Fsp3) is 1.00. The average Bonchev–Trinajstić information content (AvgIpc) is 1.97. The molecule has 0 radical (unpaired) electrons. The van der Waals surface area contributed by atoms with Crippen LogP contribution in [0.5, 0.6) is 0 Å².